The molecule has 0 saturated carbocycles. The largest absolute Gasteiger partial charge is 0.334 e. The number of rotatable bonds is 7. The highest BCUT2D eigenvalue weighted by atomic mass is 32.1. The number of aromatic nitrogens is 1. The maximum absolute atomic E-state index is 12.3. The lowest BCUT2D eigenvalue weighted by Gasteiger charge is -2.14. The smallest absolute Gasteiger partial charge is 0.315 e. The zero-order chi connectivity index (χ0) is 22.4. The van der Waals surface area contributed by atoms with Gasteiger partial charge >= 0.3 is 6.03 Å². The molecule has 0 spiro atoms. The lowest BCUT2D eigenvalue weighted by Crippen LogP contribution is -2.34. The van der Waals surface area contributed by atoms with E-state index in [4.69, 9.17) is 0 Å². The number of thiazole rings is 1. The molecule has 0 unspecified atom stereocenters. The summed E-state index contributed by atoms with van der Waals surface area (Å²) >= 11 is 1.64. The predicted molar refractivity (Wildman–Crippen MR) is 129 cm³/mol. The second-order valence-corrected chi connectivity index (χ2v) is 9.88. The molecule has 0 aliphatic heterocycles. The van der Waals surface area contributed by atoms with Crippen LogP contribution in [0.3, 0.4) is 0 Å². The fourth-order valence-corrected chi connectivity index (χ4v) is 4.16. The SMILES string of the molecule is CN(C)Cc1ccc(-c2ccccc2CNC(=O)NCc2csc(C(C)(C)C)n2)cc1. The first-order chi connectivity index (χ1) is 14.7. The quantitative estimate of drug-likeness (QED) is 0.537. The number of amides is 2. The summed E-state index contributed by atoms with van der Waals surface area (Å²) in [6.45, 7) is 8.23. The number of hydrogen-bond donors (Lipinski definition) is 2. The molecule has 2 N–H and O–H groups in total. The van der Waals surface area contributed by atoms with Crippen molar-refractivity contribution in [2.75, 3.05) is 14.1 Å². The van der Waals surface area contributed by atoms with E-state index in [1.165, 1.54) is 5.56 Å². The molecule has 0 fully saturated rings. The summed E-state index contributed by atoms with van der Waals surface area (Å²) in [6.07, 6.45) is 0. The highest BCUT2D eigenvalue weighted by Crippen LogP contribution is 2.26. The third-order valence-corrected chi connectivity index (χ3v) is 6.16. The predicted octanol–water partition coefficient (Wildman–Crippen LogP) is 5.17. The van der Waals surface area contributed by atoms with Crippen molar-refractivity contribution in [2.24, 2.45) is 0 Å². The van der Waals surface area contributed by atoms with Gasteiger partial charge in [-0.05, 0) is 36.3 Å². The van der Waals surface area contributed by atoms with Crippen LogP contribution in [0.4, 0.5) is 4.79 Å². The third kappa shape index (κ3) is 6.64. The Bertz CT molecular complexity index is 1000. The van der Waals surface area contributed by atoms with Gasteiger partial charge in [-0.15, -0.1) is 11.3 Å². The maximum Gasteiger partial charge on any atom is 0.315 e. The van der Waals surface area contributed by atoms with Crippen molar-refractivity contribution >= 4 is 17.4 Å². The lowest BCUT2D eigenvalue weighted by atomic mass is 9.98. The molecule has 5 nitrogen and oxygen atoms in total. The van der Waals surface area contributed by atoms with Gasteiger partial charge in [0, 0.05) is 23.9 Å². The minimum atomic E-state index is -0.193. The van der Waals surface area contributed by atoms with Crippen LogP contribution >= 0.6 is 11.3 Å². The molecule has 3 aromatic rings. The zero-order valence-corrected chi connectivity index (χ0v) is 19.8. The molecule has 164 valence electrons. The van der Waals surface area contributed by atoms with E-state index in [-0.39, 0.29) is 11.4 Å². The second kappa shape index (κ2) is 10.1. The van der Waals surface area contributed by atoms with Gasteiger partial charge in [-0.25, -0.2) is 9.78 Å². The van der Waals surface area contributed by atoms with Crippen molar-refractivity contribution in [3.8, 4) is 11.1 Å². The molecule has 31 heavy (non-hydrogen) atoms. The maximum atomic E-state index is 12.3. The number of nitrogens with one attached hydrogen (secondary N) is 2. The number of urea groups is 1. The van der Waals surface area contributed by atoms with Crippen LogP contribution in [0.15, 0.2) is 53.9 Å². The van der Waals surface area contributed by atoms with Gasteiger partial charge in [0.25, 0.3) is 0 Å². The Labute approximate surface area is 189 Å². The molecule has 3 rings (SSSR count). The van der Waals surface area contributed by atoms with Gasteiger partial charge in [0.15, 0.2) is 0 Å². The van der Waals surface area contributed by atoms with Gasteiger partial charge in [0.05, 0.1) is 17.2 Å². The van der Waals surface area contributed by atoms with E-state index in [2.05, 4.69) is 91.8 Å². The summed E-state index contributed by atoms with van der Waals surface area (Å²) in [6, 6.07) is 16.6. The molecule has 0 aliphatic rings. The lowest BCUT2D eigenvalue weighted by molar-refractivity contribution is 0.240. The van der Waals surface area contributed by atoms with E-state index in [0.717, 1.165) is 33.9 Å². The number of hydrogen-bond acceptors (Lipinski definition) is 4. The summed E-state index contributed by atoms with van der Waals surface area (Å²) in [5.41, 5.74) is 5.57. The highest BCUT2D eigenvalue weighted by molar-refractivity contribution is 7.09. The molecular formula is C25H32N4OS. The minimum absolute atomic E-state index is 0.0273. The summed E-state index contributed by atoms with van der Waals surface area (Å²) in [4.78, 5) is 19.1. The molecule has 0 saturated heterocycles. The van der Waals surface area contributed by atoms with Crippen LogP contribution in [-0.2, 0) is 25.0 Å². The van der Waals surface area contributed by atoms with Crippen LogP contribution < -0.4 is 10.6 Å². The van der Waals surface area contributed by atoms with Gasteiger partial charge in [0.1, 0.15) is 0 Å². The molecule has 2 aromatic carbocycles. The topological polar surface area (TPSA) is 57.3 Å². The van der Waals surface area contributed by atoms with Crippen LogP contribution in [0.2, 0.25) is 0 Å². The van der Waals surface area contributed by atoms with Crippen LogP contribution in [0.5, 0.6) is 0 Å². The molecule has 1 aromatic heterocycles. The Morgan fingerprint density at radius 2 is 1.68 bits per heavy atom. The van der Waals surface area contributed by atoms with E-state index < -0.39 is 0 Å². The Balaban J connectivity index is 1.58. The fraction of sp³-hybridized carbons (Fsp3) is 0.360. The molecule has 2 amide bonds. The van der Waals surface area contributed by atoms with Crippen LogP contribution in [0.25, 0.3) is 11.1 Å². The van der Waals surface area contributed by atoms with Crippen molar-refractivity contribution < 1.29 is 4.79 Å². The monoisotopic (exact) mass is 436 g/mol. The van der Waals surface area contributed by atoms with Crippen LogP contribution in [0.1, 0.15) is 42.6 Å². The summed E-state index contributed by atoms with van der Waals surface area (Å²) in [5, 5.41) is 8.97. The number of nitrogens with zero attached hydrogens (tertiary/aromatic N) is 2. The van der Waals surface area contributed by atoms with Crippen molar-refractivity contribution in [3.63, 3.8) is 0 Å². The van der Waals surface area contributed by atoms with Crippen molar-refractivity contribution in [1.82, 2.24) is 20.5 Å². The first kappa shape index (κ1) is 23.0. The first-order valence-corrected chi connectivity index (χ1v) is 11.4. The zero-order valence-electron chi connectivity index (χ0n) is 19.0. The molecule has 1 heterocycles. The average Bonchev–Trinajstić information content (AvgIpc) is 3.21. The van der Waals surface area contributed by atoms with E-state index >= 15 is 0 Å². The first-order valence-electron chi connectivity index (χ1n) is 10.5. The van der Waals surface area contributed by atoms with E-state index in [1.54, 1.807) is 11.3 Å². The molecule has 0 aliphatic carbocycles. The molecule has 0 atom stereocenters. The summed E-state index contributed by atoms with van der Waals surface area (Å²) in [5.74, 6) is 0. The minimum Gasteiger partial charge on any atom is -0.334 e. The van der Waals surface area contributed by atoms with Crippen LogP contribution in [-0.4, -0.2) is 30.0 Å². The molecular weight excluding hydrogens is 404 g/mol. The van der Waals surface area contributed by atoms with Crippen LogP contribution in [0, 0.1) is 0 Å². The molecule has 6 heteroatoms. The number of carbonyl (C=O) groups excluding carboxylic acids is 1. The van der Waals surface area contributed by atoms with E-state index in [1.807, 2.05) is 17.5 Å². The third-order valence-electron chi connectivity index (χ3n) is 4.84. The molecule has 0 radical (unpaired) electrons. The second-order valence-electron chi connectivity index (χ2n) is 9.02. The van der Waals surface area contributed by atoms with Gasteiger partial charge < -0.3 is 15.5 Å². The summed E-state index contributed by atoms with van der Waals surface area (Å²) < 4.78 is 0. The Morgan fingerprint density at radius 1 is 1.00 bits per heavy atom. The van der Waals surface area contributed by atoms with Gasteiger partial charge in [-0.1, -0.05) is 69.3 Å². The fourth-order valence-electron chi connectivity index (χ4n) is 3.25. The standard InChI is InChI=1S/C25H32N4OS/c1-25(2,3)23-28-21(17-31-23)15-27-24(30)26-14-20-8-6-7-9-22(20)19-12-10-18(11-13-19)16-29(4)5/h6-13,17H,14-16H2,1-5H3,(H2,26,27,30). The van der Waals surface area contributed by atoms with E-state index in [9.17, 15) is 4.79 Å². The summed E-state index contributed by atoms with van der Waals surface area (Å²) in [7, 11) is 4.13. The van der Waals surface area contributed by atoms with Gasteiger partial charge in [-0.3, -0.25) is 0 Å². The van der Waals surface area contributed by atoms with Crippen molar-refractivity contribution in [1.29, 1.82) is 0 Å². The average molecular weight is 437 g/mol. The van der Waals surface area contributed by atoms with E-state index in [0.29, 0.717) is 13.1 Å². The van der Waals surface area contributed by atoms with Gasteiger partial charge in [-0.2, -0.15) is 0 Å². The number of benzene rings is 2. The highest BCUT2D eigenvalue weighted by Gasteiger charge is 2.18. The Morgan fingerprint density at radius 3 is 2.32 bits per heavy atom. The normalized spacial score (nSPS) is 11.5. The Hall–Kier alpha value is -2.70. The van der Waals surface area contributed by atoms with Crippen molar-refractivity contribution in [2.45, 2.75) is 45.8 Å². The van der Waals surface area contributed by atoms with Crippen molar-refractivity contribution in [3.05, 3.63) is 75.7 Å². The van der Waals surface area contributed by atoms with Gasteiger partial charge in [0.2, 0.25) is 0 Å². The number of carbonyl (C=O) groups is 1. The molecule has 0 bridgehead atoms. The Kier molecular flexibility index (Phi) is 7.46.